The van der Waals surface area contributed by atoms with E-state index in [0.717, 1.165) is 10.0 Å². The lowest BCUT2D eigenvalue weighted by molar-refractivity contribution is 0.580. The Hall–Kier alpha value is -1.37. The molecule has 3 N–H and O–H groups in total. The summed E-state index contributed by atoms with van der Waals surface area (Å²) in [6, 6.07) is 12.2. The van der Waals surface area contributed by atoms with Crippen molar-refractivity contribution in [2.75, 3.05) is 5.73 Å². The zero-order valence-corrected chi connectivity index (χ0v) is 13.3. The largest absolute Gasteiger partial charge is 0.399 e. The smallest absolute Gasteiger partial charge is 0.241 e. The fraction of sp³-hybridized carbons (Fsp3) is 0.143. The summed E-state index contributed by atoms with van der Waals surface area (Å²) in [7, 11) is -3.55. The number of benzene rings is 2. The van der Waals surface area contributed by atoms with Crippen LogP contribution >= 0.6 is 15.9 Å². The molecule has 0 aliphatic carbocycles. The van der Waals surface area contributed by atoms with Crippen LogP contribution in [0.15, 0.2) is 51.8 Å². The summed E-state index contributed by atoms with van der Waals surface area (Å²) in [5, 5.41) is 0. The van der Waals surface area contributed by atoms with Crippen molar-refractivity contribution < 1.29 is 8.42 Å². The lowest BCUT2D eigenvalue weighted by Gasteiger charge is -2.10. The number of hydrogen-bond acceptors (Lipinski definition) is 3. The molecule has 0 amide bonds. The van der Waals surface area contributed by atoms with E-state index in [0.29, 0.717) is 11.3 Å². The third-order valence-corrected chi connectivity index (χ3v) is 5.23. The second-order valence-corrected chi connectivity index (χ2v) is 7.03. The minimum absolute atomic E-state index is 0.230. The van der Waals surface area contributed by atoms with Crippen molar-refractivity contribution in [2.45, 2.75) is 18.4 Å². The van der Waals surface area contributed by atoms with E-state index in [1.54, 1.807) is 19.1 Å². The molecule has 0 aromatic heterocycles. The quantitative estimate of drug-likeness (QED) is 0.829. The first-order valence-electron chi connectivity index (χ1n) is 5.99. The molecule has 0 radical (unpaired) electrons. The zero-order valence-electron chi connectivity index (χ0n) is 10.9. The van der Waals surface area contributed by atoms with Crippen LogP contribution < -0.4 is 10.5 Å². The summed E-state index contributed by atoms with van der Waals surface area (Å²) in [4.78, 5) is 0.249. The fourth-order valence-electron chi connectivity index (χ4n) is 1.87. The van der Waals surface area contributed by atoms with Gasteiger partial charge in [-0.1, -0.05) is 34.1 Å². The number of hydrogen-bond donors (Lipinski definition) is 2. The fourth-order valence-corrected chi connectivity index (χ4v) is 3.52. The molecule has 2 rings (SSSR count). The van der Waals surface area contributed by atoms with Crippen molar-refractivity contribution in [2.24, 2.45) is 0 Å². The number of rotatable bonds is 4. The Kier molecular flexibility index (Phi) is 4.47. The van der Waals surface area contributed by atoms with Crippen molar-refractivity contribution in [1.82, 2.24) is 4.72 Å². The topological polar surface area (TPSA) is 72.2 Å². The van der Waals surface area contributed by atoms with Gasteiger partial charge in [-0.15, -0.1) is 0 Å². The second-order valence-electron chi connectivity index (χ2n) is 4.44. The van der Waals surface area contributed by atoms with Gasteiger partial charge in [0.25, 0.3) is 0 Å². The minimum atomic E-state index is -3.55. The van der Waals surface area contributed by atoms with Gasteiger partial charge >= 0.3 is 0 Å². The summed E-state index contributed by atoms with van der Waals surface area (Å²) in [5.74, 6) is 0. The van der Waals surface area contributed by atoms with E-state index in [1.807, 2.05) is 24.3 Å². The maximum Gasteiger partial charge on any atom is 0.241 e. The first-order chi connectivity index (χ1) is 9.40. The lowest BCUT2D eigenvalue weighted by Crippen LogP contribution is -2.24. The Morgan fingerprint density at radius 1 is 1.20 bits per heavy atom. The summed E-state index contributed by atoms with van der Waals surface area (Å²) < 4.78 is 28.0. The van der Waals surface area contributed by atoms with E-state index >= 15 is 0 Å². The van der Waals surface area contributed by atoms with Gasteiger partial charge in [0.05, 0.1) is 4.90 Å². The molecule has 0 saturated heterocycles. The van der Waals surface area contributed by atoms with Crippen LogP contribution in [0.25, 0.3) is 0 Å². The number of nitrogens with one attached hydrogen (secondary N) is 1. The molecule has 0 fully saturated rings. The monoisotopic (exact) mass is 354 g/mol. The molecule has 106 valence electrons. The Balaban J connectivity index is 2.22. The van der Waals surface area contributed by atoms with Crippen molar-refractivity contribution in [3.05, 3.63) is 58.1 Å². The Morgan fingerprint density at radius 3 is 2.55 bits per heavy atom. The molecule has 20 heavy (non-hydrogen) atoms. The van der Waals surface area contributed by atoms with Crippen molar-refractivity contribution in [3.63, 3.8) is 0 Å². The van der Waals surface area contributed by atoms with Gasteiger partial charge in [0, 0.05) is 16.7 Å². The third-order valence-electron chi connectivity index (χ3n) is 2.90. The summed E-state index contributed by atoms with van der Waals surface area (Å²) in [5.41, 5.74) is 7.69. The molecular formula is C14H15BrN2O2S. The molecule has 0 heterocycles. The minimum Gasteiger partial charge on any atom is -0.399 e. The second kappa shape index (κ2) is 5.95. The Labute approximate surface area is 127 Å². The molecule has 2 aromatic carbocycles. The van der Waals surface area contributed by atoms with E-state index in [1.165, 1.54) is 6.07 Å². The molecular weight excluding hydrogens is 340 g/mol. The van der Waals surface area contributed by atoms with Crippen molar-refractivity contribution in [3.8, 4) is 0 Å². The van der Waals surface area contributed by atoms with Crippen molar-refractivity contribution >= 4 is 31.6 Å². The maximum absolute atomic E-state index is 12.3. The first kappa shape index (κ1) is 15.0. The van der Waals surface area contributed by atoms with E-state index in [2.05, 4.69) is 20.7 Å². The summed E-state index contributed by atoms with van der Waals surface area (Å²) in [6.07, 6.45) is 0. The molecule has 0 saturated carbocycles. The van der Waals surface area contributed by atoms with Crippen molar-refractivity contribution in [1.29, 1.82) is 0 Å². The maximum atomic E-state index is 12.3. The van der Waals surface area contributed by atoms with Crippen LogP contribution in [0.5, 0.6) is 0 Å². The number of halogens is 1. The van der Waals surface area contributed by atoms with Gasteiger partial charge in [-0.05, 0) is 42.3 Å². The molecule has 0 spiro atoms. The van der Waals surface area contributed by atoms with Gasteiger partial charge in [-0.3, -0.25) is 0 Å². The first-order valence-corrected chi connectivity index (χ1v) is 8.27. The summed E-state index contributed by atoms with van der Waals surface area (Å²) >= 11 is 3.39. The zero-order chi connectivity index (χ0) is 14.8. The molecule has 4 nitrogen and oxygen atoms in total. The SMILES string of the molecule is Cc1cc(N)ccc1S(=O)(=O)NCc1ccccc1Br. The third kappa shape index (κ3) is 3.39. The molecule has 0 aliphatic rings. The van der Waals surface area contributed by atoms with Crippen LogP contribution in [-0.4, -0.2) is 8.42 Å². The lowest BCUT2D eigenvalue weighted by atomic mass is 10.2. The molecule has 2 aromatic rings. The predicted molar refractivity (Wildman–Crippen MR) is 83.8 cm³/mol. The Bertz CT molecular complexity index is 730. The van der Waals surface area contributed by atoms with Crippen LogP contribution in [0, 0.1) is 6.92 Å². The van der Waals surface area contributed by atoms with Crippen LogP contribution in [0.2, 0.25) is 0 Å². The number of aryl methyl sites for hydroxylation is 1. The standard InChI is InChI=1S/C14H15BrN2O2S/c1-10-8-12(16)6-7-14(10)20(18,19)17-9-11-4-2-3-5-13(11)15/h2-8,17H,9,16H2,1H3. The van der Waals surface area contributed by atoms with Gasteiger partial charge in [0.1, 0.15) is 0 Å². The summed E-state index contributed by atoms with van der Waals surface area (Å²) in [6.45, 7) is 1.96. The molecule has 0 unspecified atom stereocenters. The van der Waals surface area contributed by atoms with Crippen LogP contribution in [0.4, 0.5) is 5.69 Å². The molecule has 6 heteroatoms. The van der Waals surface area contributed by atoms with E-state index < -0.39 is 10.0 Å². The highest BCUT2D eigenvalue weighted by Crippen LogP contribution is 2.19. The van der Waals surface area contributed by atoms with Gasteiger partial charge in [0.2, 0.25) is 10.0 Å². The van der Waals surface area contributed by atoms with Crippen LogP contribution in [-0.2, 0) is 16.6 Å². The van der Waals surface area contributed by atoms with Gasteiger partial charge in [0.15, 0.2) is 0 Å². The van der Waals surface area contributed by atoms with Gasteiger partial charge in [-0.25, -0.2) is 13.1 Å². The number of nitrogens with two attached hydrogens (primary N) is 1. The highest BCUT2D eigenvalue weighted by Gasteiger charge is 2.16. The molecule has 0 aliphatic heterocycles. The van der Waals surface area contributed by atoms with Crippen LogP contribution in [0.3, 0.4) is 0 Å². The molecule has 0 bridgehead atoms. The highest BCUT2D eigenvalue weighted by molar-refractivity contribution is 9.10. The van der Waals surface area contributed by atoms with Crippen LogP contribution in [0.1, 0.15) is 11.1 Å². The van der Waals surface area contributed by atoms with Gasteiger partial charge < -0.3 is 5.73 Å². The number of sulfonamides is 1. The molecule has 0 atom stereocenters. The normalized spacial score (nSPS) is 11.5. The predicted octanol–water partition coefficient (Wildman–Crippen LogP) is 2.82. The number of anilines is 1. The Morgan fingerprint density at radius 2 is 1.90 bits per heavy atom. The van der Waals surface area contributed by atoms with Gasteiger partial charge in [-0.2, -0.15) is 0 Å². The number of nitrogen functional groups attached to an aromatic ring is 1. The highest BCUT2D eigenvalue weighted by atomic mass is 79.9. The van der Waals surface area contributed by atoms with E-state index in [9.17, 15) is 8.42 Å². The average Bonchev–Trinajstić information content (AvgIpc) is 2.37. The van der Waals surface area contributed by atoms with E-state index in [-0.39, 0.29) is 11.4 Å². The average molecular weight is 355 g/mol. The van der Waals surface area contributed by atoms with E-state index in [4.69, 9.17) is 5.73 Å².